The van der Waals surface area contributed by atoms with Crippen molar-refractivity contribution in [2.45, 2.75) is 40.2 Å². The van der Waals surface area contributed by atoms with Crippen LogP contribution in [0.4, 0.5) is 0 Å². The van der Waals surface area contributed by atoms with Crippen molar-refractivity contribution in [1.29, 1.82) is 0 Å². The lowest BCUT2D eigenvalue weighted by molar-refractivity contribution is 0.0951. The lowest BCUT2D eigenvalue weighted by Gasteiger charge is -2.09. The fourth-order valence-corrected chi connectivity index (χ4v) is 3.80. The van der Waals surface area contributed by atoms with E-state index in [0.29, 0.717) is 24.4 Å². The molecule has 0 spiro atoms. The lowest BCUT2D eigenvalue weighted by atomic mass is 10.2. The van der Waals surface area contributed by atoms with Crippen molar-refractivity contribution in [2.24, 2.45) is 0 Å². The molecule has 30 heavy (non-hydrogen) atoms. The molecule has 0 saturated carbocycles. The van der Waals surface area contributed by atoms with Crippen molar-refractivity contribution < 1.29 is 9.53 Å². The topological polar surface area (TPSA) is 86.1 Å². The Morgan fingerprint density at radius 1 is 1.17 bits per heavy atom. The third-order valence-electron chi connectivity index (χ3n) is 4.50. The maximum atomic E-state index is 12.4. The number of hydrogen-bond donors (Lipinski definition) is 1. The first kappa shape index (κ1) is 21.7. The van der Waals surface area contributed by atoms with E-state index < -0.39 is 0 Å². The van der Waals surface area contributed by atoms with Gasteiger partial charge in [-0.2, -0.15) is 5.10 Å². The molecule has 0 aliphatic carbocycles. The van der Waals surface area contributed by atoms with Crippen molar-refractivity contribution in [3.63, 3.8) is 0 Å². The number of nitrogens with one attached hydrogen (secondary N) is 1. The van der Waals surface area contributed by atoms with Gasteiger partial charge >= 0.3 is 0 Å². The van der Waals surface area contributed by atoms with Crippen LogP contribution in [0.1, 0.15) is 40.8 Å². The molecule has 0 saturated heterocycles. The van der Waals surface area contributed by atoms with Crippen molar-refractivity contribution in [2.75, 3.05) is 13.2 Å². The zero-order valence-corrected chi connectivity index (χ0v) is 18.3. The van der Waals surface area contributed by atoms with E-state index in [2.05, 4.69) is 22.3 Å². The number of unbranched alkanes of at least 4 members (excludes halogenated alkanes) is 1. The van der Waals surface area contributed by atoms with Gasteiger partial charge < -0.3 is 10.1 Å². The van der Waals surface area contributed by atoms with Gasteiger partial charge in [0, 0.05) is 18.2 Å². The number of benzene rings is 1. The average Bonchev–Trinajstić information content (AvgIpc) is 3.08. The van der Waals surface area contributed by atoms with Crippen molar-refractivity contribution >= 4 is 17.2 Å². The van der Waals surface area contributed by atoms with Crippen LogP contribution in [0.5, 0.6) is 5.75 Å². The van der Waals surface area contributed by atoms with E-state index in [-0.39, 0.29) is 18.0 Å². The van der Waals surface area contributed by atoms with E-state index in [1.54, 1.807) is 41.7 Å². The molecule has 3 rings (SSSR count). The van der Waals surface area contributed by atoms with Crippen LogP contribution in [0.25, 0.3) is 10.6 Å². The zero-order chi connectivity index (χ0) is 21.5. The number of rotatable bonds is 9. The van der Waals surface area contributed by atoms with Gasteiger partial charge in [0.25, 0.3) is 11.5 Å². The summed E-state index contributed by atoms with van der Waals surface area (Å²) in [5, 5.41) is 8.23. The van der Waals surface area contributed by atoms with E-state index in [1.807, 2.05) is 13.8 Å². The van der Waals surface area contributed by atoms with Gasteiger partial charge in [0.2, 0.25) is 0 Å². The fraction of sp³-hybridized carbons (Fsp3) is 0.364. The summed E-state index contributed by atoms with van der Waals surface area (Å²) in [6, 6.07) is 10.3. The molecule has 7 nitrogen and oxygen atoms in total. The Balaban J connectivity index is 1.58. The molecule has 0 bridgehead atoms. The largest absolute Gasteiger partial charge is 0.494 e. The number of carbonyl (C=O) groups excluding carboxylic acids is 1. The normalized spacial score (nSPS) is 10.8. The van der Waals surface area contributed by atoms with Gasteiger partial charge in [-0.15, -0.1) is 11.3 Å². The summed E-state index contributed by atoms with van der Waals surface area (Å²) in [5.41, 5.74) is 1.94. The lowest BCUT2D eigenvalue weighted by Crippen LogP contribution is -2.31. The average molecular weight is 427 g/mol. The summed E-state index contributed by atoms with van der Waals surface area (Å²) in [4.78, 5) is 29.9. The monoisotopic (exact) mass is 426 g/mol. The Kier molecular flexibility index (Phi) is 7.35. The number of hydrogen-bond acceptors (Lipinski definition) is 6. The van der Waals surface area contributed by atoms with Crippen LogP contribution in [0, 0.1) is 13.8 Å². The number of carbonyl (C=O) groups is 1. The molecule has 0 radical (unpaired) electrons. The molecule has 0 aliphatic heterocycles. The predicted octanol–water partition coefficient (Wildman–Crippen LogP) is 3.59. The van der Waals surface area contributed by atoms with Gasteiger partial charge in [-0.3, -0.25) is 9.59 Å². The highest BCUT2D eigenvalue weighted by Gasteiger charge is 2.11. The van der Waals surface area contributed by atoms with Crippen LogP contribution in [-0.2, 0) is 6.54 Å². The predicted molar refractivity (Wildman–Crippen MR) is 118 cm³/mol. The Hall–Kier alpha value is -3.00. The Labute approximate surface area is 179 Å². The fourth-order valence-electron chi connectivity index (χ4n) is 2.91. The van der Waals surface area contributed by atoms with Gasteiger partial charge in [-0.25, -0.2) is 9.67 Å². The van der Waals surface area contributed by atoms with E-state index in [9.17, 15) is 9.59 Å². The van der Waals surface area contributed by atoms with Crippen LogP contribution >= 0.6 is 11.3 Å². The minimum atomic E-state index is -0.208. The Morgan fingerprint density at radius 3 is 2.60 bits per heavy atom. The summed E-state index contributed by atoms with van der Waals surface area (Å²) in [6.45, 7) is 7.23. The van der Waals surface area contributed by atoms with Crippen molar-refractivity contribution in [1.82, 2.24) is 20.1 Å². The Morgan fingerprint density at radius 2 is 1.93 bits per heavy atom. The number of aryl methyl sites for hydroxylation is 2. The third-order valence-corrected chi connectivity index (χ3v) is 5.59. The molecule has 158 valence electrons. The molecule has 0 fully saturated rings. The molecular formula is C22H26N4O3S. The molecule has 2 heterocycles. The maximum Gasteiger partial charge on any atom is 0.266 e. The SMILES string of the molecule is CCCCOc1ccc(C(=O)NCCn2nc(-c3sc(C)nc3C)ccc2=O)cc1. The molecule has 3 aromatic rings. The first-order chi connectivity index (χ1) is 14.5. The van der Waals surface area contributed by atoms with E-state index in [1.165, 1.54) is 10.7 Å². The second-order valence-corrected chi connectivity index (χ2v) is 8.11. The zero-order valence-electron chi connectivity index (χ0n) is 17.5. The summed E-state index contributed by atoms with van der Waals surface area (Å²) < 4.78 is 6.98. The number of amides is 1. The van der Waals surface area contributed by atoms with Crippen LogP contribution in [0.3, 0.4) is 0 Å². The first-order valence-electron chi connectivity index (χ1n) is 10.0. The minimum Gasteiger partial charge on any atom is -0.494 e. The number of ether oxygens (including phenoxy) is 1. The number of nitrogens with zero attached hydrogens (tertiary/aromatic N) is 3. The summed E-state index contributed by atoms with van der Waals surface area (Å²) in [5.74, 6) is 0.550. The van der Waals surface area contributed by atoms with Gasteiger partial charge in [0.15, 0.2) is 0 Å². The molecule has 2 aromatic heterocycles. The van der Waals surface area contributed by atoms with E-state index in [0.717, 1.165) is 34.2 Å². The van der Waals surface area contributed by atoms with Crippen molar-refractivity contribution in [3.05, 3.63) is 63.0 Å². The summed E-state index contributed by atoms with van der Waals surface area (Å²) in [7, 11) is 0. The highest BCUT2D eigenvalue weighted by atomic mass is 32.1. The van der Waals surface area contributed by atoms with Crippen LogP contribution in [-0.4, -0.2) is 33.8 Å². The van der Waals surface area contributed by atoms with Gasteiger partial charge in [0.1, 0.15) is 11.4 Å². The molecule has 0 aliphatic rings. The Bertz CT molecular complexity index is 1060. The standard InChI is InChI=1S/C22H26N4O3S/c1-4-5-14-29-18-8-6-17(7-9-18)22(28)23-12-13-26-20(27)11-10-19(25-26)21-15(2)24-16(3)30-21/h6-11H,4-5,12-14H2,1-3H3,(H,23,28). The van der Waals surface area contributed by atoms with Gasteiger partial charge in [-0.05, 0) is 50.6 Å². The highest BCUT2D eigenvalue weighted by molar-refractivity contribution is 7.15. The molecule has 1 N–H and O–H groups in total. The van der Waals surface area contributed by atoms with Crippen LogP contribution in [0.2, 0.25) is 0 Å². The van der Waals surface area contributed by atoms with E-state index >= 15 is 0 Å². The third kappa shape index (κ3) is 5.54. The highest BCUT2D eigenvalue weighted by Crippen LogP contribution is 2.27. The molecular weight excluding hydrogens is 400 g/mol. The minimum absolute atomic E-state index is 0.201. The smallest absolute Gasteiger partial charge is 0.266 e. The molecule has 1 amide bonds. The maximum absolute atomic E-state index is 12.4. The van der Waals surface area contributed by atoms with Crippen LogP contribution in [0.15, 0.2) is 41.2 Å². The first-order valence-corrected chi connectivity index (χ1v) is 10.8. The number of aromatic nitrogens is 3. The quantitative estimate of drug-likeness (QED) is 0.529. The summed E-state index contributed by atoms with van der Waals surface area (Å²) >= 11 is 1.55. The second kappa shape index (κ2) is 10.2. The van der Waals surface area contributed by atoms with Gasteiger partial charge in [0.05, 0.1) is 28.7 Å². The van der Waals surface area contributed by atoms with E-state index in [4.69, 9.17) is 4.74 Å². The molecule has 0 unspecified atom stereocenters. The molecule has 0 atom stereocenters. The summed E-state index contributed by atoms with van der Waals surface area (Å²) in [6.07, 6.45) is 2.07. The molecule has 8 heteroatoms. The number of thiazole rings is 1. The second-order valence-electron chi connectivity index (χ2n) is 6.91. The van der Waals surface area contributed by atoms with Crippen molar-refractivity contribution in [3.8, 4) is 16.3 Å². The molecule has 1 aromatic carbocycles. The van der Waals surface area contributed by atoms with Gasteiger partial charge in [-0.1, -0.05) is 13.3 Å². The van der Waals surface area contributed by atoms with Crippen LogP contribution < -0.4 is 15.6 Å².